The SMILES string of the molecule is CCCN(CCC)C(=O)CNc1cccc(C(=O)NCCOC)c1. The van der Waals surface area contributed by atoms with Gasteiger partial charge in [0.05, 0.1) is 13.2 Å². The second-order valence-corrected chi connectivity index (χ2v) is 5.56. The fraction of sp³-hybridized carbons (Fsp3) is 0.556. The van der Waals surface area contributed by atoms with E-state index in [4.69, 9.17) is 4.74 Å². The molecule has 0 saturated carbocycles. The Morgan fingerprint density at radius 3 is 2.50 bits per heavy atom. The average molecular weight is 335 g/mol. The quantitative estimate of drug-likeness (QED) is 0.608. The van der Waals surface area contributed by atoms with E-state index in [-0.39, 0.29) is 18.4 Å². The van der Waals surface area contributed by atoms with Crippen molar-refractivity contribution in [3.63, 3.8) is 0 Å². The molecule has 1 aromatic carbocycles. The molecule has 24 heavy (non-hydrogen) atoms. The van der Waals surface area contributed by atoms with E-state index in [1.54, 1.807) is 25.3 Å². The Balaban J connectivity index is 2.57. The maximum Gasteiger partial charge on any atom is 0.251 e. The van der Waals surface area contributed by atoms with Crippen LogP contribution in [0.3, 0.4) is 0 Å². The van der Waals surface area contributed by atoms with Gasteiger partial charge in [0.2, 0.25) is 5.91 Å². The zero-order valence-electron chi connectivity index (χ0n) is 14.9. The molecule has 6 nitrogen and oxygen atoms in total. The number of carbonyl (C=O) groups excluding carboxylic acids is 2. The lowest BCUT2D eigenvalue weighted by Crippen LogP contribution is -2.36. The molecule has 0 radical (unpaired) electrons. The van der Waals surface area contributed by atoms with Crippen molar-refractivity contribution in [2.45, 2.75) is 26.7 Å². The summed E-state index contributed by atoms with van der Waals surface area (Å²) in [5.41, 5.74) is 1.32. The number of nitrogens with one attached hydrogen (secondary N) is 2. The van der Waals surface area contributed by atoms with Gasteiger partial charge in [0.25, 0.3) is 5.91 Å². The van der Waals surface area contributed by atoms with E-state index in [0.29, 0.717) is 18.7 Å². The van der Waals surface area contributed by atoms with Gasteiger partial charge >= 0.3 is 0 Å². The molecule has 0 aromatic heterocycles. The summed E-state index contributed by atoms with van der Waals surface area (Å²) in [7, 11) is 1.59. The van der Waals surface area contributed by atoms with Gasteiger partial charge in [0.15, 0.2) is 0 Å². The molecule has 0 spiro atoms. The van der Waals surface area contributed by atoms with Crippen LogP contribution < -0.4 is 10.6 Å². The molecule has 6 heteroatoms. The highest BCUT2D eigenvalue weighted by Gasteiger charge is 2.12. The number of carbonyl (C=O) groups is 2. The average Bonchev–Trinajstić information content (AvgIpc) is 2.60. The van der Waals surface area contributed by atoms with Crippen LogP contribution in [-0.2, 0) is 9.53 Å². The molecule has 0 aliphatic rings. The molecular weight excluding hydrogens is 306 g/mol. The molecular formula is C18H29N3O3. The van der Waals surface area contributed by atoms with Crippen LogP contribution in [0.2, 0.25) is 0 Å². The Morgan fingerprint density at radius 2 is 1.88 bits per heavy atom. The first-order valence-corrected chi connectivity index (χ1v) is 8.51. The largest absolute Gasteiger partial charge is 0.383 e. The van der Waals surface area contributed by atoms with Crippen molar-refractivity contribution < 1.29 is 14.3 Å². The third-order valence-electron chi connectivity index (χ3n) is 3.50. The predicted molar refractivity (Wildman–Crippen MR) is 96.3 cm³/mol. The van der Waals surface area contributed by atoms with Crippen molar-refractivity contribution in [2.24, 2.45) is 0 Å². The molecule has 134 valence electrons. The van der Waals surface area contributed by atoms with Crippen molar-refractivity contribution in [1.82, 2.24) is 10.2 Å². The number of benzene rings is 1. The Labute approximate surface area is 144 Å². The summed E-state index contributed by atoms with van der Waals surface area (Å²) in [4.78, 5) is 26.1. The monoisotopic (exact) mass is 335 g/mol. The minimum absolute atomic E-state index is 0.0775. The highest BCUT2D eigenvalue weighted by atomic mass is 16.5. The number of amides is 2. The number of rotatable bonds is 11. The molecule has 0 unspecified atom stereocenters. The summed E-state index contributed by atoms with van der Waals surface area (Å²) in [5, 5.41) is 5.89. The van der Waals surface area contributed by atoms with Crippen LogP contribution in [0.25, 0.3) is 0 Å². The Hall–Kier alpha value is -2.08. The van der Waals surface area contributed by atoms with Crippen molar-refractivity contribution in [3.8, 4) is 0 Å². The van der Waals surface area contributed by atoms with Gasteiger partial charge in [-0.25, -0.2) is 0 Å². The van der Waals surface area contributed by atoms with Crippen LogP contribution in [0.15, 0.2) is 24.3 Å². The second kappa shape index (κ2) is 11.5. The molecule has 0 bridgehead atoms. The lowest BCUT2D eigenvalue weighted by molar-refractivity contribution is -0.129. The summed E-state index contributed by atoms with van der Waals surface area (Å²) in [6, 6.07) is 7.14. The van der Waals surface area contributed by atoms with Crippen LogP contribution in [0.5, 0.6) is 0 Å². The van der Waals surface area contributed by atoms with E-state index in [1.807, 2.05) is 11.0 Å². The van der Waals surface area contributed by atoms with E-state index in [2.05, 4.69) is 24.5 Å². The normalized spacial score (nSPS) is 10.3. The summed E-state index contributed by atoms with van der Waals surface area (Å²) in [6.45, 7) is 6.85. The molecule has 0 aliphatic carbocycles. The lowest BCUT2D eigenvalue weighted by Gasteiger charge is -2.22. The van der Waals surface area contributed by atoms with Gasteiger partial charge in [-0.15, -0.1) is 0 Å². The Bertz CT molecular complexity index is 514. The topological polar surface area (TPSA) is 70.7 Å². The minimum Gasteiger partial charge on any atom is -0.383 e. The van der Waals surface area contributed by atoms with Crippen molar-refractivity contribution >= 4 is 17.5 Å². The summed E-state index contributed by atoms with van der Waals surface area (Å²) < 4.78 is 4.91. The van der Waals surface area contributed by atoms with Gasteiger partial charge in [0.1, 0.15) is 0 Å². The van der Waals surface area contributed by atoms with Crippen molar-refractivity contribution in [1.29, 1.82) is 0 Å². The van der Waals surface area contributed by atoms with Gasteiger partial charge in [-0.2, -0.15) is 0 Å². The zero-order valence-corrected chi connectivity index (χ0v) is 14.9. The molecule has 0 aliphatic heterocycles. The fourth-order valence-corrected chi connectivity index (χ4v) is 2.33. The number of anilines is 1. The van der Waals surface area contributed by atoms with Crippen LogP contribution >= 0.6 is 0 Å². The first kappa shape index (κ1) is 20.0. The van der Waals surface area contributed by atoms with Crippen molar-refractivity contribution in [2.75, 3.05) is 45.2 Å². The Kier molecular flexibility index (Phi) is 9.53. The van der Waals surface area contributed by atoms with Gasteiger partial charge in [-0.05, 0) is 31.0 Å². The highest BCUT2D eigenvalue weighted by Crippen LogP contribution is 2.10. The summed E-state index contributed by atoms with van der Waals surface area (Å²) in [6.07, 6.45) is 1.89. The molecule has 0 saturated heterocycles. The molecule has 0 heterocycles. The van der Waals surface area contributed by atoms with Crippen LogP contribution in [0.4, 0.5) is 5.69 Å². The molecule has 2 N–H and O–H groups in total. The standard InChI is InChI=1S/C18H29N3O3/c1-4-10-21(11-5-2)17(22)14-20-16-8-6-7-15(13-16)18(23)19-9-12-24-3/h6-8,13,20H,4-5,9-12,14H2,1-3H3,(H,19,23). The predicted octanol–water partition coefficient (Wildman–Crippen LogP) is 2.12. The number of methoxy groups -OCH3 is 1. The maximum atomic E-state index is 12.3. The van der Waals surface area contributed by atoms with Gasteiger partial charge < -0.3 is 20.3 Å². The zero-order chi connectivity index (χ0) is 17.8. The molecule has 1 aromatic rings. The maximum absolute atomic E-state index is 12.3. The number of hydrogen-bond acceptors (Lipinski definition) is 4. The number of nitrogens with zero attached hydrogens (tertiary/aromatic N) is 1. The third kappa shape index (κ3) is 7.00. The van der Waals surface area contributed by atoms with E-state index in [1.165, 1.54) is 0 Å². The van der Waals surface area contributed by atoms with E-state index >= 15 is 0 Å². The Morgan fingerprint density at radius 1 is 1.17 bits per heavy atom. The molecule has 2 amide bonds. The smallest absolute Gasteiger partial charge is 0.251 e. The third-order valence-corrected chi connectivity index (χ3v) is 3.50. The van der Waals surface area contributed by atoms with E-state index < -0.39 is 0 Å². The fourth-order valence-electron chi connectivity index (χ4n) is 2.33. The van der Waals surface area contributed by atoms with E-state index in [0.717, 1.165) is 31.6 Å². The minimum atomic E-state index is -0.152. The first-order chi connectivity index (χ1) is 11.6. The summed E-state index contributed by atoms with van der Waals surface area (Å²) in [5.74, 6) is -0.0748. The van der Waals surface area contributed by atoms with Crippen LogP contribution in [-0.4, -0.2) is 56.6 Å². The van der Waals surface area contributed by atoms with Gasteiger partial charge in [0, 0.05) is 38.0 Å². The second-order valence-electron chi connectivity index (χ2n) is 5.56. The van der Waals surface area contributed by atoms with Gasteiger partial charge in [-0.1, -0.05) is 19.9 Å². The van der Waals surface area contributed by atoms with Crippen molar-refractivity contribution in [3.05, 3.63) is 29.8 Å². The van der Waals surface area contributed by atoms with Crippen LogP contribution in [0.1, 0.15) is 37.0 Å². The first-order valence-electron chi connectivity index (χ1n) is 8.51. The molecule has 0 atom stereocenters. The molecule has 1 rings (SSSR count). The number of hydrogen-bond donors (Lipinski definition) is 2. The number of ether oxygens (including phenoxy) is 1. The van der Waals surface area contributed by atoms with Crippen LogP contribution in [0, 0.1) is 0 Å². The van der Waals surface area contributed by atoms with E-state index in [9.17, 15) is 9.59 Å². The lowest BCUT2D eigenvalue weighted by atomic mass is 10.2. The summed E-state index contributed by atoms with van der Waals surface area (Å²) >= 11 is 0. The highest BCUT2D eigenvalue weighted by molar-refractivity contribution is 5.95. The van der Waals surface area contributed by atoms with Gasteiger partial charge in [-0.3, -0.25) is 9.59 Å². The molecule has 0 fully saturated rings.